The Balaban J connectivity index is 3.98. The van der Waals surface area contributed by atoms with Crippen molar-refractivity contribution in [3.05, 3.63) is 0 Å². The van der Waals surface area contributed by atoms with Gasteiger partial charge in [0.05, 0.1) is 0 Å². The van der Waals surface area contributed by atoms with E-state index in [0.29, 0.717) is 5.92 Å². The van der Waals surface area contributed by atoms with Gasteiger partial charge in [-0.1, -0.05) is 20.3 Å². The van der Waals surface area contributed by atoms with Crippen LogP contribution in [0, 0.1) is 5.92 Å². The smallest absolute Gasteiger partial charge is 0.325 e. The number of urea groups is 1. The van der Waals surface area contributed by atoms with E-state index in [1.54, 1.807) is 0 Å². The van der Waals surface area contributed by atoms with Crippen LogP contribution in [0.2, 0.25) is 0 Å². The van der Waals surface area contributed by atoms with Crippen LogP contribution >= 0.6 is 0 Å². The summed E-state index contributed by atoms with van der Waals surface area (Å²) < 4.78 is 0. The van der Waals surface area contributed by atoms with Crippen LogP contribution in [0.25, 0.3) is 0 Å². The minimum absolute atomic E-state index is 0.0380. The molecule has 0 spiro atoms. The number of amides is 2. The van der Waals surface area contributed by atoms with Crippen LogP contribution in [-0.2, 0) is 4.79 Å². The third-order valence-electron chi connectivity index (χ3n) is 2.57. The van der Waals surface area contributed by atoms with Crippen LogP contribution in [0.1, 0.15) is 34.1 Å². The molecule has 0 fully saturated rings. The van der Waals surface area contributed by atoms with Crippen molar-refractivity contribution in [3.63, 3.8) is 0 Å². The maximum atomic E-state index is 11.3. The van der Waals surface area contributed by atoms with Crippen LogP contribution < -0.4 is 10.6 Å². The van der Waals surface area contributed by atoms with Crippen molar-refractivity contribution in [1.29, 1.82) is 0 Å². The van der Waals surface area contributed by atoms with Crippen LogP contribution in [0.5, 0.6) is 0 Å². The lowest BCUT2D eigenvalue weighted by atomic mass is 10.0. The summed E-state index contributed by atoms with van der Waals surface area (Å²) in [6.07, 6.45) is 0.968. The molecule has 88 valence electrons. The molecule has 0 aromatic heterocycles. The number of carboxylic acids is 1. The van der Waals surface area contributed by atoms with E-state index in [1.807, 2.05) is 20.8 Å². The molecule has 0 radical (unpaired) electrons. The molecule has 0 rings (SSSR count). The Hall–Kier alpha value is -1.26. The summed E-state index contributed by atoms with van der Waals surface area (Å²) in [5, 5.41) is 13.6. The van der Waals surface area contributed by atoms with Crippen molar-refractivity contribution >= 4 is 12.0 Å². The summed E-state index contributed by atoms with van der Waals surface area (Å²) in [5.74, 6) is -0.669. The van der Waals surface area contributed by atoms with Crippen LogP contribution in [0.3, 0.4) is 0 Å². The SMILES string of the molecule is CCC(C)C(C)NC(=O)N[C@H](C)C(=O)O. The first-order chi connectivity index (χ1) is 6.88. The average molecular weight is 216 g/mol. The number of rotatable bonds is 5. The van der Waals surface area contributed by atoms with E-state index in [-0.39, 0.29) is 6.04 Å². The first-order valence-electron chi connectivity index (χ1n) is 5.18. The molecule has 0 saturated heterocycles. The largest absolute Gasteiger partial charge is 0.480 e. The first-order valence-corrected chi connectivity index (χ1v) is 5.18. The molecular weight excluding hydrogens is 196 g/mol. The van der Waals surface area contributed by atoms with Gasteiger partial charge in [0, 0.05) is 6.04 Å². The fraction of sp³-hybridized carbons (Fsp3) is 0.800. The van der Waals surface area contributed by atoms with Crippen LogP contribution in [0.4, 0.5) is 4.79 Å². The van der Waals surface area contributed by atoms with Gasteiger partial charge < -0.3 is 15.7 Å². The topological polar surface area (TPSA) is 78.4 Å². The number of hydrogen-bond acceptors (Lipinski definition) is 2. The van der Waals surface area contributed by atoms with Crippen molar-refractivity contribution in [2.75, 3.05) is 0 Å². The summed E-state index contributed by atoms with van der Waals surface area (Å²) in [4.78, 5) is 21.8. The third-order valence-corrected chi connectivity index (χ3v) is 2.57. The first kappa shape index (κ1) is 13.7. The van der Waals surface area contributed by atoms with E-state index in [0.717, 1.165) is 6.42 Å². The Bertz CT molecular complexity index is 231. The second-order valence-corrected chi connectivity index (χ2v) is 3.85. The number of carbonyl (C=O) groups is 2. The molecule has 0 aromatic rings. The number of nitrogens with one attached hydrogen (secondary N) is 2. The third kappa shape index (κ3) is 5.24. The minimum Gasteiger partial charge on any atom is -0.480 e. The maximum absolute atomic E-state index is 11.3. The molecule has 0 bridgehead atoms. The van der Waals surface area contributed by atoms with E-state index in [9.17, 15) is 9.59 Å². The zero-order valence-corrected chi connectivity index (χ0v) is 9.70. The fourth-order valence-electron chi connectivity index (χ4n) is 1.00. The van der Waals surface area contributed by atoms with E-state index < -0.39 is 18.0 Å². The van der Waals surface area contributed by atoms with Crippen molar-refractivity contribution in [3.8, 4) is 0 Å². The highest BCUT2D eigenvalue weighted by Gasteiger charge is 2.17. The summed E-state index contributed by atoms with van der Waals surface area (Å²) in [6, 6.07) is -1.26. The van der Waals surface area contributed by atoms with Gasteiger partial charge in [0.1, 0.15) is 6.04 Å². The maximum Gasteiger partial charge on any atom is 0.325 e. The highest BCUT2D eigenvalue weighted by Crippen LogP contribution is 2.06. The van der Waals surface area contributed by atoms with E-state index in [4.69, 9.17) is 5.11 Å². The molecule has 0 saturated carbocycles. The summed E-state index contributed by atoms with van der Waals surface area (Å²) >= 11 is 0. The van der Waals surface area contributed by atoms with Crippen molar-refractivity contribution < 1.29 is 14.7 Å². The van der Waals surface area contributed by atoms with Crippen LogP contribution in [0.15, 0.2) is 0 Å². The molecule has 2 unspecified atom stereocenters. The summed E-state index contributed by atoms with van der Waals surface area (Å²) in [6.45, 7) is 7.40. The van der Waals surface area contributed by atoms with Gasteiger partial charge in [0.25, 0.3) is 0 Å². The second-order valence-electron chi connectivity index (χ2n) is 3.85. The zero-order chi connectivity index (χ0) is 12.0. The molecule has 0 aliphatic rings. The number of aliphatic carboxylic acids is 1. The molecule has 3 N–H and O–H groups in total. The van der Waals surface area contributed by atoms with Gasteiger partial charge in [0.2, 0.25) is 0 Å². The lowest BCUT2D eigenvalue weighted by Crippen LogP contribution is -2.48. The van der Waals surface area contributed by atoms with Crippen molar-refractivity contribution in [2.24, 2.45) is 5.92 Å². The van der Waals surface area contributed by atoms with Gasteiger partial charge in [0.15, 0.2) is 0 Å². The minimum atomic E-state index is -1.04. The lowest BCUT2D eigenvalue weighted by molar-refractivity contribution is -0.138. The molecule has 15 heavy (non-hydrogen) atoms. The highest BCUT2D eigenvalue weighted by molar-refractivity contribution is 5.82. The standard InChI is InChI=1S/C10H20N2O3/c1-5-6(2)7(3)11-10(15)12-8(4)9(13)14/h6-8H,5H2,1-4H3,(H,13,14)(H2,11,12,15)/t6?,7?,8-/m1/s1. The van der Waals surface area contributed by atoms with Gasteiger partial charge in [-0.2, -0.15) is 0 Å². The van der Waals surface area contributed by atoms with E-state index in [2.05, 4.69) is 10.6 Å². The molecule has 2 amide bonds. The molecule has 5 nitrogen and oxygen atoms in total. The van der Waals surface area contributed by atoms with Crippen LogP contribution in [-0.4, -0.2) is 29.2 Å². The molecule has 3 atom stereocenters. The van der Waals surface area contributed by atoms with Gasteiger partial charge in [-0.25, -0.2) is 4.79 Å². The normalized spacial score (nSPS) is 16.3. The van der Waals surface area contributed by atoms with Gasteiger partial charge in [-0.05, 0) is 19.8 Å². The molecule has 0 aromatic carbocycles. The molecule has 0 aliphatic carbocycles. The van der Waals surface area contributed by atoms with Crippen molar-refractivity contribution in [2.45, 2.75) is 46.2 Å². The molecule has 0 heterocycles. The highest BCUT2D eigenvalue weighted by atomic mass is 16.4. The Kier molecular flexibility index (Phi) is 5.74. The Morgan fingerprint density at radius 1 is 1.20 bits per heavy atom. The van der Waals surface area contributed by atoms with Crippen molar-refractivity contribution in [1.82, 2.24) is 10.6 Å². The molecule has 0 aliphatic heterocycles. The molecule has 5 heteroatoms. The number of carboxylic acid groups (broad SMARTS) is 1. The van der Waals surface area contributed by atoms with E-state index >= 15 is 0 Å². The predicted molar refractivity (Wildman–Crippen MR) is 57.7 cm³/mol. The summed E-state index contributed by atoms with van der Waals surface area (Å²) in [7, 11) is 0. The van der Waals surface area contributed by atoms with E-state index in [1.165, 1.54) is 6.92 Å². The Labute approximate surface area is 90.2 Å². The average Bonchev–Trinajstić information content (AvgIpc) is 2.15. The van der Waals surface area contributed by atoms with Gasteiger partial charge in [-0.3, -0.25) is 4.79 Å². The number of hydrogen-bond donors (Lipinski definition) is 3. The summed E-state index contributed by atoms with van der Waals surface area (Å²) in [5.41, 5.74) is 0. The Morgan fingerprint density at radius 2 is 1.73 bits per heavy atom. The zero-order valence-electron chi connectivity index (χ0n) is 9.70. The van der Waals surface area contributed by atoms with Gasteiger partial charge in [-0.15, -0.1) is 0 Å². The Morgan fingerprint density at radius 3 is 2.13 bits per heavy atom. The number of carbonyl (C=O) groups excluding carboxylic acids is 1. The van der Waals surface area contributed by atoms with Gasteiger partial charge >= 0.3 is 12.0 Å². The molecular formula is C10H20N2O3. The quantitative estimate of drug-likeness (QED) is 0.646. The monoisotopic (exact) mass is 216 g/mol. The fourth-order valence-corrected chi connectivity index (χ4v) is 1.00. The predicted octanol–water partition coefficient (Wildman–Crippen LogP) is 1.19. The lowest BCUT2D eigenvalue weighted by Gasteiger charge is -2.20. The second kappa shape index (κ2) is 6.27.